The first-order valence-electron chi connectivity index (χ1n) is 11.0. The molecular weight excluding hydrogens is 478 g/mol. The van der Waals surface area contributed by atoms with Crippen molar-refractivity contribution in [3.63, 3.8) is 0 Å². The van der Waals surface area contributed by atoms with Crippen LogP contribution >= 0.6 is 11.6 Å². The average Bonchev–Trinajstić information content (AvgIpc) is 3.10. The Morgan fingerprint density at radius 1 is 0.971 bits per heavy atom. The molecule has 1 aliphatic rings. The molecular formula is C25H23ClF2N4O3. The molecule has 2 aromatic carbocycles. The van der Waals surface area contributed by atoms with Gasteiger partial charge in [0.1, 0.15) is 23.2 Å². The average molecular weight is 501 g/mol. The largest absolute Gasteiger partial charge is 0.484 e. The molecule has 0 radical (unpaired) electrons. The van der Waals surface area contributed by atoms with Crippen molar-refractivity contribution in [1.29, 1.82) is 0 Å². The Labute approximate surface area is 206 Å². The molecule has 10 heteroatoms. The quantitative estimate of drug-likeness (QED) is 0.543. The van der Waals surface area contributed by atoms with Crippen LogP contribution in [0.4, 0.5) is 20.3 Å². The minimum absolute atomic E-state index is 0.0521. The minimum atomic E-state index is -0.825. The van der Waals surface area contributed by atoms with Crippen LogP contribution in [0.2, 0.25) is 5.02 Å². The van der Waals surface area contributed by atoms with E-state index in [-0.39, 0.29) is 18.1 Å². The number of ether oxygens (including phenoxy) is 1. The van der Waals surface area contributed by atoms with E-state index in [1.165, 1.54) is 6.20 Å². The highest BCUT2D eigenvalue weighted by Gasteiger charge is 2.20. The Balaban J connectivity index is 1.30. The first-order chi connectivity index (χ1) is 16.9. The summed E-state index contributed by atoms with van der Waals surface area (Å²) < 4.78 is 32.3. The van der Waals surface area contributed by atoms with Crippen LogP contribution in [-0.4, -0.2) is 54.5 Å². The summed E-state index contributed by atoms with van der Waals surface area (Å²) in [6.45, 7) is 2.38. The third-order valence-corrected chi connectivity index (χ3v) is 5.73. The Morgan fingerprint density at radius 3 is 2.40 bits per heavy atom. The highest BCUT2D eigenvalue weighted by atomic mass is 35.5. The van der Waals surface area contributed by atoms with Crippen LogP contribution < -0.4 is 15.0 Å². The molecule has 0 unspecified atom stereocenters. The van der Waals surface area contributed by atoms with Crippen LogP contribution in [0.3, 0.4) is 0 Å². The number of nitrogens with zero attached hydrogens (tertiary/aromatic N) is 3. The molecule has 7 nitrogen and oxygen atoms in total. The Hall–Kier alpha value is -3.72. The molecule has 1 aromatic heterocycles. The van der Waals surface area contributed by atoms with Gasteiger partial charge in [0.15, 0.2) is 6.61 Å². The lowest BCUT2D eigenvalue weighted by molar-refractivity contribution is -0.133. The van der Waals surface area contributed by atoms with Crippen LogP contribution in [0.15, 0.2) is 60.8 Å². The number of nitrogens with one attached hydrogen (secondary N) is 1. The zero-order chi connectivity index (χ0) is 24.8. The fourth-order valence-corrected chi connectivity index (χ4v) is 3.82. The zero-order valence-corrected chi connectivity index (χ0v) is 19.5. The van der Waals surface area contributed by atoms with Gasteiger partial charge in [-0.25, -0.2) is 13.8 Å². The second kappa shape index (κ2) is 11.1. The van der Waals surface area contributed by atoms with Gasteiger partial charge >= 0.3 is 0 Å². The highest BCUT2D eigenvalue weighted by Crippen LogP contribution is 2.19. The number of hydrogen-bond donors (Lipinski definition) is 1. The summed E-state index contributed by atoms with van der Waals surface area (Å²) in [5, 5.41) is 3.18. The molecule has 1 saturated heterocycles. The van der Waals surface area contributed by atoms with Crippen molar-refractivity contribution < 1.29 is 23.1 Å². The molecule has 0 spiro atoms. The van der Waals surface area contributed by atoms with E-state index in [1.54, 1.807) is 41.3 Å². The van der Waals surface area contributed by atoms with Gasteiger partial charge in [-0.1, -0.05) is 11.6 Å². The van der Waals surface area contributed by atoms with E-state index in [1.807, 2.05) is 0 Å². The van der Waals surface area contributed by atoms with E-state index in [2.05, 4.69) is 15.2 Å². The molecule has 35 heavy (non-hydrogen) atoms. The summed E-state index contributed by atoms with van der Waals surface area (Å²) in [5.41, 5.74) is 0.276. The Morgan fingerprint density at radius 2 is 1.71 bits per heavy atom. The second-order valence-corrected chi connectivity index (χ2v) is 8.42. The van der Waals surface area contributed by atoms with Gasteiger partial charge in [-0.05, 0) is 55.0 Å². The number of hydrogen-bond acceptors (Lipinski definition) is 5. The topological polar surface area (TPSA) is 74.8 Å². The van der Waals surface area contributed by atoms with Crippen LogP contribution in [0.5, 0.6) is 5.75 Å². The number of anilines is 2. The van der Waals surface area contributed by atoms with Crippen molar-refractivity contribution in [2.45, 2.75) is 6.42 Å². The Kier molecular flexibility index (Phi) is 7.77. The predicted octanol–water partition coefficient (Wildman–Crippen LogP) is 4.38. The first-order valence-corrected chi connectivity index (χ1v) is 11.4. The molecule has 2 amide bonds. The number of rotatable bonds is 6. The molecule has 1 aliphatic heterocycles. The van der Waals surface area contributed by atoms with Crippen molar-refractivity contribution >= 4 is 34.9 Å². The SMILES string of the molecule is O=C(Nc1ccc(N2CCCN(C(=O)COc3ccc(Cl)cc3)CC2)nc1)c1cc(F)cc(F)c1. The van der Waals surface area contributed by atoms with Crippen molar-refractivity contribution in [3.05, 3.63) is 83.0 Å². The monoisotopic (exact) mass is 500 g/mol. The fourth-order valence-electron chi connectivity index (χ4n) is 3.70. The third-order valence-electron chi connectivity index (χ3n) is 5.48. The van der Waals surface area contributed by atoms with Gasteiger partial charge in [-0.3, -0.25) is 9.59 Å². The summed E-state index contributed by atoms with van der Waals surface area (Å²) in [5.74, 6) is -1.10. The second-order valence-electron chi connectivity index (χ2n) is 7.98. The minimum Gasteiger partial charge on any atom is -0.484 e. The zero-order valence-electron chi connectivity index (χ0n) is 18.7. The van der Waals surface area contributed by atoms with E-state index < -0.39 is 17.5 Å². The molecule has 3 aromatic rings. The van der Waals surface area contributed by atoms with Crippen molar-refractivity contribution in [2.75, 3.05) is 43.0 Å². The van der Waals surface area contributed by atoms with Gasteiger partial charge in [0, 0.05) is 42.8 Å². The summed E-state index contributed by atoms with van der Waals surface area (Å²) in [6.07, 6.45) is 2.24. The van der Waals surface area contributed by atoms with Gasteiger partial charge in [0.25, 0.3) is 11.8 Å². The van der Waals surface area contributed by atoms with Gasteiger partial charge in [0.2, 0.25) is 0 Å². The lowest BCUT2D eigenvalue weighted by Crippen LogP contribution is -2.38. The normalized spacial score (nSPS) is 13.8. The maximum atomic E-state index is 13.4. The first kappa shape index (κ1) is 24.4. The third kappa shape index (κ3) is 6.66. The van der Waals surface area contributed by atoms with Crippen molar-refractivity contribution in [3.8, 4) is 5.75 Å². The number of carbonyl (C=O) groups excluding carboxylic acids is 2. The number of amides is 2. The number of aromatic nitrogens is 1. The molecule has 2 heterocycles. The molecule has 1 fully saturated rings. The molecule has 0 saturated carbocycles. The predicted molar refractivity (Wildman–Crippen MR) is 129 cm³/mol. The lowest BCUT2D eigenvalue weighted by Gasteiger charge is -2.23. The fraction of sp³-hybridized carbons (Fsp3) is 0.240. The lowest BCUT2D eigenvalue weighted by atomic mass is 10.2. The van der Waals surface area contributed by atoms with E-state index in [0.29, 0.717) is 54.5 Å². The number of pyridine rings is 1. The van der Waals surface area contributed by atoms with Crippen molar-refractivity contribution in [1.82, 2.24) is 9.88 Å². The smallest absolute Gasteiger partial charge is 0.260 e. The van der Waals surface area contributed by atoms with Crippen molar-refractivity contribution in [2.24, 2.45) is 0 Å². The highest BCUT2D eigenvalue weighted by molar-refractivity contribution is 6.30. The molecule has 0 bridgehead atoms. The van der Waals surface area contributed by atoms with Crippen LogP contribution in [0.25, 0.3) is 0 Å². The van der Waals surface area contributed by atoms with Crippen LogP contribution in [0.1, 0.15) is 16.8 Å². The number of halogens is 3. The van der Waals surface area contributed by atoms with Crippen LogP contribution in [-0.2, 0) is 4.79 Å². The molecule has 4 rings (SSSR count). The van der Waals surface area contributed by atoms with E-state index >= 15 is 0 Å². The van der Waals surface area contributed by atoms with Gasteiger partial charge in [0.05, 0.1) is 11.9 Å². The molecule has 0 aliphatic carbocycles. The molecule has 0 atom stereocenters. The Bertz CT molecular complexity index is 1170. The van der Waals surface area contributed by atoms with Gasteiger partial charge in [-0.2, -0.15) is 0 Å². The van der Waals surface area contributed by atoms with Crippen LogP contribution in [0, 0.1) is 11.6 Å². The maximum Gasteiger partial charge on any atom is 0.260 e. The summed E-state index contributed by atoms with van der Waals surface area (Å²) >= 11 is 5.86. The maximum absolute atomic E-state index is 13.4. The summed E-state index contributed by atoms with van der Waals surface area (Å²) in [4.78, 5) is 33.1. The van der Waals surface area contributed by atoms with E-state index in [9.17, 15) is 18.4 Å². The van der Waals surface area contributed by atoms with Gasteiger partial charge < -0.3 is 19.9 Å². The van der Waals surface area contributed by atoms with E-state index in [4.69, 9.17) is 16.3 Å². The molecule has 182 valence electrons. The standard InChI is InChI=1S/C25H23ClF2N4O3/c26-18-2-5-22(6-3-18)35-16-24(33)32-9-1-8-31(10-11-32)23-7-4-21(15-29-23)30-25(34)17-12-19(27)14-20(28)13-17/h2-7,12-15H,1,8-11,16H2,(H,30,34). The molecule has 1 N–H and O–H groups in total. The summed E-state index contributed by atoms with van der Waals surface area (Å²) in [7, 11) is 0. The number of benzene rings is 2. The summed E-state index contributed by atoms with van der Waals surface area (Å²) in [6, 6.07) is 12.9. The number of carbonyl (C=O) groups is 2. The van der Waals surface area contributed by atoms with Gasteiger partial charge in [-0.15, -0.1) is 0 Å². The van der Waals surface area contributed by atoms with E-state index in [0.717, 1.165) is 18.6 Å².